The SMILES string of the molecule is CCC(OC(C)=O)C1CC2OC(=O)c3c(cc(OC)c(OC)c3OC(C)=O)C2O1. The molecule has 0 spiro atoms. The summed E-state index contributed by atoms with van der Waals surface area (Å²) in [6, 6.07) is 1.62. The molecule has 29 heavy (non-hydrogen) atoms. The molecule has 2 aliphatic rings. The average Bonchev–Trinajstić information content (AvgIpc) is 3.08. The Morgan fingerprint density at radius 3 is 2.45 bits per heavy atom. The van der Waals surface area contributed by atoms with Gasteiger partial charge < -0.3 is 28.4 Å². The average molecular weight is 408 g/mol. The molecule has 9 heteroatoms. The highest BCUT2D eigenvalue weighted by atomic mass is 16.6. The molecule has 1 aromatic carbocycles. The molecule has 0 N–H and O–H groups in total. The molecule has 0 radical (unpaired) electrons. The van der Waals surface area contributed by atoms with Crippen molar-refractivity contribution in [2.75, 3.05) is 14.2 Å². The van der Waals surface area contributed by atoms with Gasteiger partial charge in [0.2, 0.25) is 5.75 Å². The third-order valence-corrected chi connectivity index (χ3v) is 4.93. The van der Waals surface area contributed by atoms with Crippen LogP contribution in [-0.4, -0.2) is 50.4 Å². The van der Waals surface area contributed by atoms with E-state index in [2.05, 4.69) is 0 Å². The van der Waals surface area contributed by atoms with Gasteiger partial charge >= 0.3 is 17.9 Å². The molecule has 3 rings (SSSR count). The van der Waals surface area contributed by atoms with Crippen molar-refractivity contribution in [1.29, 1.82) is 0 Å². The largest absolute Gasteiger partial charge is 0.493 e. The smallest absolute Gasteiger partial charge is 0.342 e. The number of hydrogen-bond donors (Lipinski definition) is 0. The number of fused-ring (bicyclic) bond motifs is 3. The van der Waals surface area contributed by atoms with Crippen LogP contribution >= 0.6 is 0 Å². The summed E-state index contributed by atoms with van der Waals surface area (Å²) >= 11 is 0. The van der Waals surface area contributed by atoms with Crippen LogP contribution in [0.15, 0.2) is 6.07 Å². The van der Waals surface area contributed by atoms with Gasteiger partial charge in [-0.15, -0.1) is 0 Å². The molecule has 1 fully saturated rings. The summed E-state index contributed by atoms with van der Waals surface area (Å²) in [5.41, 5.74) is 0.528. The van der Waals surface area contributed by atoms with Gasteiger partial charge in [0.1, 0.15) is 23.9 Å². The molecular weight excluding hydrogens is 384 g/mol. The van der Waals surface area contributed by atoms with E-state index in [1.807, 2.05) is 6.92 Å². The lowest BCUT2D eigenvalue weighted by Gasteiger charge is -2.29. The molecule has 0 aromatic heterocycles. The summed E-state index contributed by atoms with van der Waals surface area (Å²) in [5, 5.41) is 0. The van der Waals surface area contributed by atoms with E-state index in [0.29, 0.717) is 18.4 Å². The molecule has 0 saturated carbocycles. The molecule has 4 unspecified atom stereocenters. The Balaban J connectivity index is 2.05. The number of carbonyl (C=O) groups excluding carboxylic acids is 3. The van der Waals surface area contributed by atoms with Crippen molar-refractivity contribution in [3.63, 3.8) is 0 Å². The Hall–Kier alpha value is -2.81. The van der Waals surface area contributed by atoms with Crippen molar-refractivity contribution < 1.29 is 42.8 Å². The highest BCUT2D eigenvalue weighted by Crippen LogP contribution is 2.50. The second-order valence-corrected chi connectivity index (χ2v) is 6.83. The summed E-state index contributed by atoms with van der Waals surface area (Å²) in [6.45, 7) is 4.43. The van der Waals surface area contributed by atoms with Gasteiger partial charge in [-0.3, -0.25) is 9.59 Å². The van der Waals surface area contributed by atoms with Gasteiger partial charge in [-0.1, -0.05) is 6.92 Å². The van der Waals surface area contributed by atoms with Gasteiger partial charge in [0.15, 0.2) is 11.5 Å². The number of hydrogen-bond acceptors (Lipinski definition) is 9. The molecule has 0 aliphatic carbocycles. The normalized spacial score (nSPS) is 23.3. The summed E-state index contributed by atoms with van der Waals surface area (Å²) in [4.78, 5) is 35.8. The second-order valence-electron chi connectivity index (χ2n) is 6.83. The Bertz CT molecular complexity index is 832. The standard InChI is InChI=1S/C20H24O9/c1-6-12(26-9(2)21)13-8-15-17(28-13)11-7-14(24-4)18(25-5)19(27-10(3)22)16(11)20(23)29-15/h7,12-13,15,17H,6,8H2,1-5H3. The first kappa shape index (κ1) is 20.9. The van der Waals surface area contributed by atoms with E-state index in [9.17, 15) is 14.4 Å². The third kappa shape index (κ3) is 3.87. The summed E-state index contributed by atoms with van der Waals surface area (Å²) in [7, 11) is 2.81. The van der Waals surface area contributed by atoms with Crippen LogP contribution in [0, 0.1) is 0 Å². The van der Waals surface area contributed by atoms with E-state index in [1.54, 1.807) is 6.07 Å². The number of benzene rings is 1. The third-order valence-electron chi connectivity index (χ3n) is 4.93. The van der Waals surface area contributed by atoms with E-state index in [-0.39, 0.29) is 22.8 Å². The summed E-state index contributed by atoms with van der Waals surface area (Å²) < 4.78 is 33.0. The first-order valence-corrected chi connectivity index (χ1v) is 9.31. The Labute approximate surface area is 168 Å². The van der Waals surface area contributed by atoms with Crippen LogP contribution in [0.2, 0.25) is 0 Å². The topological polar surface area (TPSA) is 107 Å². The zero-order chi connectivity index (χ0) is 21.3. The van der Waals surface area contributed by atoms with Gasteiger partial charge in [-0.05, 0) is 12.5 Å². The minimum Gasteiger partial charge on any atom is -0.493 e. The zero-order valence-corrected chi connectivity index (χ0v) is 17.0. The Morgan fingerprint density at radius 1 is 1.17 bits per heavy atom. The van der Waals surface area contributed by atoms with Gasteiger partial charge in [0, 0.05) is 25.8 Å². The molecule has 0 bridgehead atoms. The van der Waals surface area contributed by atoms with Crippen molar-refractivity contribution in [1.82, 2.24) is 0 Å². The molecular formula is C20H24O9. The van der Waals surface area contributed by atoms with E-state index >= 15 is 0 Å². The fourth-order valence-electron chi connectivity index (χ4n) is 3.80. The Kier molecular flexibility index (Phi) is 5.97. The molecule has 1 aromatic rings. The van der Waals surface area contributed by atoms with E-state index in [1.165, 1.54) is 28.1 Å². The fourth-order valence-corrected chi connectivity index (χ4v) is 3.80. The van der Waals surface area contributed by atoms with Crippen LogP contribution in [0.4, 0.5) is 0 Å². The van der Waals surface area contributed by atoms with Crippen LogP contribution in [0.3, 0.4) is 0 Å². The molecule has 1 saturated heterocycles. The number of methoxy groups -OCH3 is 2. The quantitative estimate of drug-likeness (QED) is 0.518. The van der Waals surface area contributed by atoms with Gasteiger partial charge in [0.05, 0.1) is 20.3 Å². The fraction of sp³-hybridized carbons (Fsp3) is 0.550. The van der Waals surface area contributed by atoms with E-state index < -0.39 is 42.3 Å². The minimum absolute atomic E-state index is 0.0558. The van der Waals surface area contributed by atoms with Crippen LogP contribution in [0.25, 0.3) is 0 Å². The molecule has 4 atom stereocenters. The van der Waals surface area contributed by atoms with Gasteiger partial charge in [-0.25, -0.2) is 4.79 Å². The summed E-state index contributed by atoms with van der Waals surface area (Å²) in [6.07, 6.45) is -1.16. The van der Waals surface area contributed by atoms with Crippen LogP contribution in [0.1, 0.15) is 55.6 Å². The minimum atomic E-state index is -0.650. The van der Waals surface area contributed by atoms with Crippen molar-refractivity contribution in [2.45, 2.75) is 58.0 Å². The molecule has 0 amide bonds. The van der Waals surface area contributed by atoms with E-state index in [0.717, 1.165) is 0 Å². The van der Waals surface area contributed by atoms with Gasteiger partial charge in [-0.2, -0.15) is 0 Å². The maximum absolute atomic E-state index is 12.8. The molecule has 2 heterocycles. The number of rotatable bonds is 6. The second kappa shape index (κ2) is 8.28. The maximum atomic E-state index is 12.8. The lowest BCUT2D eigenvalue weighted by molar-refractivity contribution is -0.154. The monoisotopic (exact) mass is 408 g/mol. The number of carbonyl (C=O) groups is 3. The van der Waals surface area contributed by atoms with Crippen molar-refractivity contribution in [3.05, 3.63) is 17.2 Å². The predicted octanol–water partition coefficient (Wildman–Crippen LogP) is 2.34. The van der Waals surface area contributed by atoms with Crippen LogP contribution in [-0.2, 0) is 23.8 Å². The van der Waals surface area contributed by atoms with Crippen molar-refractivity contribution in [2.24, 2.45) is 0 Å². The van der Waals surface area contributed by atoms with Crippen molar-refractivity contribution >= 4 is 17.9 Å². The highest BCUT2D eigenvalue weighted by Gasteiger charge is 2.49. The first-order valence-electron chi connectivity index (χ1n) is 9.31. The van der Waals surface area contributed by atoms with Crippen LogP contribution in [0.5, 0.6) is 17.2 Å². The molecule has 158 valence electrons. The molecule has 9 nitrogen and oxygen atoms in total. The van der Waals surface area contributed by atoms with E-state index in [4.69, 9.17) is 28.4 Å². The number of ether oxygens (including phenoxy) is 6. The lowest BCUT2D eigenvalue weighted by Crippen LogP contribution is -2.30. The predicted molar refractivity (Wildman–Crippen MR) is 98.1 cm³/mol. The van der Waals surface area contributed by atoms with Crippen LogP contribution < -0.4 is 14.2 Å². The maximum Gasteiger partial charge on any atom is 0.342 e. The van der Waals surface area contributed by atoms with Crippen molar-refractivity contribution in [3.8, 4) is 17.2 Å². The zero-order valence-electron chi connectivity index (χ0n) is 17.0. The highest BCUT2D eigenvalue weighted by molar-refractivity contribution is 5.98. The van der Waals surface area contributed by atoms with Gasteiger partial charge in [0.25, 0.3) is 0 Å². The summed E-state index contributed by atoms with van der Waals surface area (Å²) in [5.74, 6) is -1.36. The molecule has 2 aliphatic heterocycles. The Morgan fingerprint density at radius 2 is 1.90 bits per heavy atom. The lowest BCUT2D eigenvalue weighted by atomic mass is 9.93. The number of esters is 3. The first-order chi connectivity index (χ1) is 13.8.